The zero-order valence-corrected chi connectivity index (χ0v) is 19.3. The lowest BCUT2D eigenvalue weighted by molar-refractivity contribution is -0.0563. The van der Waals surface area contributed by atoms with E-state index in [0.717, 1.165) is 11.1 Å². The van der Waals surface area contributed by atoms with Gasteiger partial charge in [-0.25, -0.2) is 24.5 Å². The molecular weight excluding hydrogens is 448 g/mol. The van der Waals surface area contributed by atoms with Crippen LogP contribution in [0.4, 0.5) is 0 Å². The maximum Gasteiger partial charge on any atom is 0.338 e. The quantitative estimate of drug-likeness (QED) is 0.390. The Kier molecular flexibility index (Phi) is 6.24. The molecule has 1 aliphatic rings. The van der Waals surface area contributed by atoms with Crippen molar-refractivity contribution in [2.24, 2.45) is 0 Å². The first-order valence-corrected chi connectivity index (χ1v) is 11.3. The number of hydrogen-bond acceptors (Lipinski definition) is 8. The van der Waals surface area contributed by atoms with E-state index in [4.69, 9.17) is 14.2 Å². The molecule has 0 amide bonds. The van der Waals surface area contributed by atoms with E-state index in [0.29, 0.717) is 28.7 Å². The van der Waals surface area contributed by atoms with E-state index in [9.17, 15) is 9.59 Å². The summed E-state index contributed by atoms with van der Waals surface area (Å²) >= 11 is 0. The third-order valence-corrected chi connectivity index (χ3v) is 5.94. The minimum absolute atomic E-state index is 0.0727. The number of esters is 2. The lowest BCUT2D eigenvalue weighted by Gasteiger charge is -2.19. The lowest BCUT2D eigenvalue weighted by atomic mass is 10.1. The van der Waals surface area contributed by atoms with Crippen molar-refractivity contribution >= 4 is 23.1 Å². The molecule has 2 aromatic heterocycles. The molecule has 9 nitrogen and oxygen atoms in total. The predicted octanol–water partition coefficient (Wildman–Crippen LogP) is 3.81. The maximum absolute atomic E-state index is 12.8. The van der Waals surface area contributed by atoms with Crippen LogP contribution in [0.3, 0.4) is 0 Å². The Morgan fingerprint density at radius 1 is 0.971 bits per heavy atom. The van der Waals surface area contributed by atoms with E-state index in [-0.39, 0.29) is 6.61 Å². The molecule has 178 valence electrons. The van der Waals surface area contributed by atoms with Crippen molar-refractivity contribution in [3.05, 3.63) is 89.6 Å². The molecule has 0 aliphatic carbocycles. The van der Waals surface area contributed by atoms with Gasteiger partial charge in [0.1, 0.15) is 36.9 Å². The van der Waals surface area contributed by atoms with Gasteiger partial charge < -0.3 is 14.2 Å². The summed E-state index contributed by atoms with van der Waals surface area (Å²) in [4.78, 5) is 38.0. The predicted molar refractivity (Wildman–Crippen MR) is 126 cm³/mol. The maximum atomic E-state index is 12.8. The van der Waals surface area contributed by atoms with Crippen LogP contribution in [0.25, 0.3) is 11.2 Å². The summed E-state index contributed by atoms with van der Waals surface area (Å²) in [7, 11) is 0. The summed E-state index contributed by atoms with van der Waals surface area (Å²) in [5.74, 6) is -0.937. The fourth-order valence-corrected chi connectivity index (χ4v) is 3.97. The number of ether oxygens (including phenoxy) is 3. The molecule has 1 saturated heterocycles. The van der Waals surface area contributed by atoms with Crippen LogP contribution in [-0.4, -0.2) is 50.3 Å². The Morgan fingerprint density at radius 3 is 2.31 bits per heavy atom. The van der Waals surface area contributed by atoms with Gasteiger partial charge in [0.15, 0.2) is 5.65 Å². The van der Waals surface area contributed by atoms with Gasteiger partial charge >= 0.3 is 11.9 Å². The molecule has 0 saturated carbocycles. The highest BCUT2D eigenvalue weighted by Gasteiger charge is 2.40. The van der Waals surface area contributed by atoms with Crippen LogP contribution in [-0.2, 0) is 14.2 Å². The summed E-state index contributed by atoms with van der Waals surface area (Å²) in [6.45, 7) is 3.82. The number of aromatic nitrogens is 4. The Hall–Kier alpha value is -4.11. The Balaban J connectivity index is 1.34. The number of rotatable bonds is 6. The van der Waals surface area contributed by atoms with Crippen molar-refractivity contribution < 1.29 is 23.8 Å². The minimum atomic E-state index is -0.664. The number of nitrogens with zero attached hydrogens (tertiary/aromatic N) is 4. The monoisotopic (exact) mass is 472 g/mol. The van der Waals surface area contributed by atoms with Crippen LogP contribution < -0.4 is 0 Å². The number of fused-ring (bicyclic) bond motifs is 1. The van der Waals surface area contributed by atoms with Crippen LogP contribution in [0.5, 0.6) is 0 Å². The molecule has 0 spiro atoms. The molecule has 35 heavy (non-hydrogen) atoms. The van der Waals surface area contributed by atoms with Crippen LogP contribution >= 0.6 is 0 Å². The van der Waals surface area contributed by atoms with Gasteiger partial charge in [0.2, 0.25) is 0 Å². The number of carbonyl (C=O) groups excluding carboxylic acids is 2. The summed E-state index contributed by atoms with van der Waals surface area (Å²) in [5.41, 5.74) is 4.19. The first-order valence-electron chi connectivity index (χ1n) is 11.3. The molecule has 4 aromatic rings. The molecule has 3 atom stereocenters. The Labute approximate surface area is 201 Å². The molecular formula is C26H24N4O5. The minimum Gasteiger partial charge on any atom is -0.459 e. The molecule has 1 fully saturated rings. The van der Waals surface area contributed by atoms with Crippen molar-refractivity contribution in [2.75, 3.05) is 6.61 Å². The van der Waals surface area contributed by atoms with Crippen molar-refractivity contribution in [3.8, 4) is 0 Å². The molecule has 9 heteroatoms. The topological polar surface area (TPSA) is 105 Å². The SMILES string of the molecule is Cc1ccc(C(=O)OC[C@H]2O[C@H](n3cnc4cncnc43)C[C@@H]2OC(=O)c2ccc(C)cc2)cc1. The average Bonchev–Trinajstić information content (AvgIpc) is 3.47. The van der Waals surface area contributed by atoms with E-state index in [1.165, 1.54) is 6.33 Å². The molecule has 2 aromatic carbocycles. The largest absolute Gasteiger partial charge is 0.459 e. The zero-order chi connectivity index (χ0) is 24.4. The second-order valence-corrected chi connectivity index (χ2v) is 8.52. The lowest BCUT2D eigenvalue weighted by Crippen LogP contribution is -2.32. The highest BCUT2D eigenvalue weighted by molar-refractivity contribution is 5.90. The van der Waals surface area contributed by atoms with E-state index in [1.54, 1.807) is 41.4 Å². The van der Waals surface area contributed by atoms with E-state index in [2.05, 4.69) is 15.0 Å². The first kappa shape index (κ1) is 22.7. The Morgan fingerprint density at radius 2 is 1.63 bits per heavy atom. The fraction of sp³-hybridized carbons (Fsp3) is 0.269. The third-order valence-electron chi connectivity index (χ3n) is 5.94. The smallest absolute Gasteiger partial charge is 0.338 e. The molecule has 0 radical (unpaired) electrons. The van der Waals surface area contributed by atoms with Crippen molar-refractivity contribution in [3.63, 3.8) is 0 Å². The standard InChI is InChI=1S/C26H24N4O5/c1-16-3-7-18(8-4-16)25(31)33-13-22-21(35-26(32)19-9-5-17(2)6-10-19)11-23(34-22)30-15-29-20-12-27-14-28-24(20)30/h3-10,12,14-15,21-23H,11,13H2,1-2H3/t21-,22+,23-/m0/s1. The summed E-state index contributed by atoms with van der Waals surface area (Å²) in [6.07, 6.45) is 3.20. The molecule has 0 N–H and O–H groups in total. The highest BCUT2D eigenvalue weighted by Crippen LogP contribution is 2.33. The Bertz CT molecular complexity index is 1350. The summed E-state index contributed by atoms with van der Waals surface area (Å²) in [6, 6.07) is 14.2. The van der Waals surface area contributed by atoms with Crippen LogP contribution in [0.15, 0.2) is 67.4 Å². The van der Waals surface area contributed by atoms with Crippen LogP contribution in [0.1, 0.15) is 44.5 Å². The van der Waals surface area contributed by atoms with Crippen molar-refractivity contribution in [2.45, 2.75) is 38.7 Å². The third kappa shape index (κ3) is 4.90. The van der Waals surface area contributed by atoms with E-state index >= 15 is 0 Å². The molecule has 0 bridgehead atoms. The van der Waals surface area contributed by atoms with Gasteiger partial charge in [0.25, 0.3) is 0 Å². The zero-order valence-electron chi connectivity index (χ0n) is 19.3. The molecule has 3 heterocycles. The molecule has 5 rings (SSSR count). The van der Waals surface area contributed by atoms with Gasteiger partial charge in [-0.1, -0.05) is 35.4 Å². The van der Waals surface area contributed by atoms with Gasteiger partial charge in [-0.3, -0.25) is 4.57 Å². The van der Waals surface area contributed by atoms with Gasteiger partial charge in [0, 0.05) is 6.42 Å². The number of hydrogen-bond donors (Lipinski definition) is 0. The van der Waals surface area contributed by atoms with Crippen molar-refractivity contribution in [1.29, 1.82) is 0 Å². The van der Waals surface area contributed by atoms with Gasteiger partial charge in [-0.15, -0.1) is 0 Å². The molecule has 1 aliphatic heterocycles. The van der Waals surface area contributed by atoms with E-state index in [1.807, 2.05) is 38.1 Å². The van der Waals surface area contributed by atoms with Crippen LogP contribution in [0, 0.1) is 13.8 Å². The number of imidazole rings is 1. The van der Waals surface area contributed by atoms with Gasteiger partial charge in [-0.2, -0.15) is 0 Å². The van der Waals surface area contributed by atoms with Crippen LogP contribution in [0.2, 0.25) is 0 Å². The average molecular weight is 473 g/mol. The highest BCUT2D eigenvalue weighted by atomic mass is 16.6. The van der Waals surface area contributed by atoms with E-state index < -0.39 is 30.4 Å². The first-order chi connectivity index (χ1) is 17.0. The fourth-order valence-electron chi connectivity index (χ4n) is 3.97. The summed E-state index contributed by atoms with van der Waals surface area (Å²) < 4.78 is 19.3. The second-order valence-electron chi connectivity index (χ2n) is 8.52. The van der Waals surface area contributed by atoms with Gasteiger partial charge in [-0.05, 0) is 38.1 Å². The van der Waals surface area contributed by atoms with Crippen molar-refractivity contribution in [1.82, 2.24) is 19.5 Å². The second kappa shape index (κ2) is 9.63. The van der Waals surface area contributed by atoms with Gasteiger partial charge in [0.05, 0.1) is 23.7 Å². The summed E-state index contributed by atoms with van der Waals surface area (Å²) in [5, 5.41) is 0. The molecule has 0 unspecified atom stereocenters. The number of benzene rings is 2. The number of carbonyl (C=O) groups is 2. The normalized spacial score (nSPS) is 19.5. The number of aryl methyl sites for hydroxylation is 2.